The molecular formula is C13H25IS. The zero-order valence-corrected chi connectivity index (χ0v) is 13.0. The van der Waals surface area contributed by atoms with Gasteiger partial charge in [0.25, 0.3) is 0 Å². The molecule has 0 saturated heterocycles. The van der Waals surface area contributed by atoms with E-state index in [1.807, 2.05) is 0 Å². The fraction of sp³-hybridized carbons (Fsp3) is 1.00. The van der Waals surface area contributed by atoms with E-state index in [2.05, 4.69) is 6.26 Å². The van der Waals surface area contributed by atoms with Crippen LogP contribution in [0.25, 0.3) is 0 Å². The number of halogens is 1. The summed E-state index contributed by atoms with van der Waals surface area (Å²) < 4.78 is 0. The Kier molecular flexibility index (Phi) is 6.99. The Balaban J connectivity index is 0.00000112. The first kappa shape index (κ1) is 14.1. The van der Waals surface area contributed by atoms with Crippen molar-refractivity contribution in [2.45, 2.75) is 74.7 Å². The molecule has 0 N–H and O–H groups in total. The van der Waals surface area contributed by atoms with Crippen molar-refractivity contribution >= 4 is 10.9 Å². The molecule has 0 aromatic rings. The van der Waals surface area contributed by atoms with Crippen molar-refractivity contribution in [3.05, 3.63) is 0 Å². The molecule has 2 saturated carbocycles. The van der Waals surface area contributed by atoms with Crippen molar-refractivity contribution < 1.29 is 24.0 Å². The van der Waals surface area contributed by atoms with E-state index < -0.39 is 0 Å². The van der Waals surface area contributed by atoms with Crippen molar-refractivity contribution in [2.75, 3.05) is 6.26 Å². The summed E-state index contributed by atoms with van der Waals surface area (Å²) in [5, 5.41) is 2.23. The number of rotatable bonds is 2. The predicted molar refractivity (Wildman–Crippen MR) is 67.0 cm³/mol. The third-order valence-corrected chi connectivity index (χ3v) is 7.20. The molecule has 0 nitrogen and oxygen atoms in total. The largest absolute Gasteiger partial charge is 1.00 e. The van der Waals surface area contributed by atoms with Crippen LogP contribution in [0, 0.1) is 0 Å². The minimum absolute atomic E-state index is 0. The molecular weight excluding hydrogens is 315 g/mol. The molecule has 0 aliphatic heterocycles. The fourth-order valence-corrected chi connectivity index (χ4v) is 5.84. The zero-order chi connectivity index (χ0) is 9.80. The lowest BCUT2D eigenvalue weighted by atomic mass is 10.00. The highest BCUT2D eigenvalue weighted by Gasteiger charge is 2.35. The van der Waals surface area contributed by atoms with Gasteiger partial charge in [-0.2, -0.15) is 0 Å². The predicted octanol–water partition coefficient (Wildman–Crippen LogP) is 0.904. The summed E-state index contributed by atoms with van der Waals surface area (Å²) >= 11 is 0. The van der Waals surface area contributed by atoms with Crippen molar-refractivity contribution in [3.8, 4) is 0 Å². The Morgan fingerprint density at radius 3 is 1.33 bits per heavy atom. The van der Waals surface area contributed by atoms with Gasteiger partial charge in [-0.3, -0.25) is 0 Å². The maximum Gasteiger partial charge on any atom is 0.118 e. The van der Waals surface area contributed by atoms with Crippen molar-refractivity contribution in [2.24, 2.45) is 0 Å². The number of hydrogen-bond acceptors (Lipinski definition) is 0. The van der Waals surface area contributed by atoms with Crippen LogP contribution in [-0.4, -0.2) is 16.8 Å². The van der Waals surface area contributed by atoms with Crippen LogP contribution >= 0.6 is 0 Å². The summed E-state index contributed by atoms with van der Waals surface area (Å²) in [7, 11) is 0.757. The van der Waals surface area contributed by atoms with E-state index in [9.17, 15) is 0 Å². The summed E-state index contributed by atoms with van der Waals surface area (Å²) in [5.74, 6) is 0. The highest BCUT2D eigenvalue weighted by molar-refractivity contribution is 7.97. The van der Waals surface area contributed by atoms with E-state index in [0.29, 0.717) is 0 Å². The smallest absolute Gasteiger partial charge is 0.118 e. The molecule has 2 rings (SSSR count). The zero-order valence-electron chi connectivity index (χ0n) is 10.0. The molecule has 0 amide bonds. The third kappa shape index (κ3) is 4.10. The van der Waals surface area contributed by atoms with E-state index in [1.54, 1.807) is 25.7 Å². The Hall–Kier alpha value is 1.08. The van der Waals surface area contributed by atoms with Gasteiger partial charge in [0.1, 0.15) is 10.5 Å². The Morgan fingerprint density at radius 1 is 0.667 bits per heavy atom. The van der Waals surface area contributed by atoms with Crippen molar-refractivity contribution in [3.63, 3.8) is 0 Å². The highest BCUT2D eigenvalue weighted by Crippen LogP contribution is 2.32. The van der Waals surface area contributed by atoms with Crippen LogP contribution in [0.15, 0.2) is 0 Å². The molecule has 0 aromatic carbocycles. The maximum atomic E-state index is 2.58. The summed E-state index contributed by atoms with van der Waals surface area (Å²) in [5.41, 5.74) is 0. The molecule has 0 spiro atoms. The molecule has 2 fully saturated rings. The maximum absolute atomic E-state index is 2.58. The molecule has 0 bridgehead atoms. The van der Waals surface area contributed by atoms with Gasteiger partial charge in [-0.25, -0.2) is 0 Å². The average Bonchev–Trinajstić information content (AvgIpc) is 2.30. The monoisotopic (exact) mass is 340 g/mol. The lowest BCUT2D eigenvalue weighted by Crippen LogP contribution is -3.00. The first-order valence-electron chi connectivity index (χ1n) is 6.51. The van der Waals surface area contributed by atoms with E-state index >= 15 is 0 Å². The first-order chi connectivity index (χ1) is 6.88. The quantitative estimate of drug-likeness (QED) is 0.518. The topological polar surface area (TPSA) is 0 Å². The molecule has 0 atom stereocenters. The second-order valence-electron chi connectivity index (χ2n) is 5.13. The highest BCUT2D eigenvalue weighted by atomic mass is 127. The van der Waals surface area contributed by atoms with Crippen LogP contribution < -0.4 is 24.0 Å². The summed E-state index contributed by atoms with van der Waals surface area (Å²) in [4.78, 5) is 0. The van der Waals surface area contributed by atoms with Gasteiger partial charge in [-0.15, -0.1) is 0 Å². The molecule has 0 unspecified atom stereocenters. The van der Waals surface area contributed by atoms with Gasteiger partial charge in [-0.1, -0.05) is 12.8 Å². The summed E-state index contributed by atoms with van der Waals surface area (Å²) in [6.45, 7) is 0. The van der Waals surface area contributed by atoms with Gasteiger partial charge in [0.05, 0.1) is 6.26 Å². The Morgan fingerprint density at radius 2 is 1.00 bits per heavy atom. The third-order valence-electron chi connectivity index (χ3n) is 4.16. The van der Waals surface area contributed by atoms with Crippen molar-refractivity contribution in [1.29, 1.82) is 0 Å². The normalized spacial score (nSPS) is 25.2. The average molecular weight is 340 g/mol. The van der Waals surface area contributed by atoms with Crippen LogP contribution in [0.4, 0.5) is 0 Å². The van der Waals surface area contributed by atoms with E-state index in [0.717, 1.165) is 21.4 Å². The second kappa shape index (κ2) is 7.41. The van der Waals surface area contributed by atoms with Gasteiger partial charge in [-0.05, 0) is 62.3 Å². The lowest BCUT2D eigenvalue weighted by Gasteiger charge is -2.28. The van der Waals surface area contributed by atoms with Crippen LogP contribution in [0.1, 0.15) is 64.2 Å². The lowest BCUT2D eigenvalue weighted by molar-refractivity contribution is -0.00000301. The molecule has 0 heterocycles. The van der Waals surface area contributed by atoms with E-state index in [-0.39, 0.29) is 24.0 Å². The molecule has 2 heteroatoms. The summed E-state index contributed by atoms with van der Waals surface area (Å²) in [6, 6.07) is 0. The minimum Gasteiger partial charge on any atom is -1.00 e. The van der Waals surface area contributed by atoms with E-state index in [1.165, 1.54) is 38.5 Å². The van der Waals surface area contributed by atoms with Gasteiger partial charge < -0.3 is 24.0 Å². The van der Waals surface area contributed by atoms with Crippen LogP contribution in [0.2, 0.25) is 0 Å². The van der Waals surface area contributed by atoms with Gasteiger partial charge in [0, 0.05) is 0 Å². The molecule has 2 aliphatic carbocycles. The van der Waals surface area contributed by atoms with Gasteiger partial charge >= 0.3 is 0 Å². The van der Waals surface area contributed by atoms with Gasteiger partial charge in [0.15, 0.2) is 0 Å². The Bertz CT molecular complexity index is 142. The van der Waals surface area contributed by atoms with Crippen LogP contribution in [-0.2, 0) is 10.9 Å². The minimum atomic E-state index is 0. The fourth-order valence-electron chi connectivity index (χ4n) is 3.15. The molecule has 0 radical (unpaired) electrons. The van der Waals surface area contributed by atoms with Crippen LogP contribution in [0.5, 0.6) is 0 Å². The molecule has 2 aliphatic rings. The Labute approximate surface area is 115 Å². The molecule has 15 heavy (non-hydrogen) atoms. The number of hydrogen-bond donors (Lipinski definition) is 0. The van der Waals surface area contributed by atoms with E-state index in [4.69, 9.17) is 0 Å². The summed E-state index contributed by atoms with van der Waals surface area (Å²) in [6.07, 6.45) is 17.9. The van der Waals surface area contributed by atoms with Crippen LogP contribution in [0.3, 0.4) is 0 Å². The van der Waals surface area contributed by atoms with Crippen molar-refractivity contribution in [1.82, 2.24) is 0 Å². The standard InChI is InChI=1S/C13H25S.HI/c1-14(12-8-4-2-5-9-12)13-10-6-3-7-11-13;/h12-13H,2-11H2,1H3;1H/q+1;/p-1. The molecule has 90 valence electrons. The second-order valence-corrected chi connectivity index (χ2v) is 7.68. The van der Waals surface area contributed by atoms with Gasteiger partial charge in [0.2, 0.25) is 0 Å². The SMILES string of the molecule is C[S+](C1CCCCC1)C1CCCCC1.[I-]. The molecule has 0 aromatic heterocycles. The first-order valence-corrected chi connectivity index (χ1v) is 8.27.